The lowest BCUT2D eigenvalue weighted by Gasteiger charge is -2.13. The second-order valence-corrected chi connectivity index (χ2v) is 3.77. The summed E-state index contributed by atoms with van der Waals surface area (Å²) in [5.74, 6) is -0.458. The number of carbonyl (C=O) groups excluding carboxylic acids is 2. The Balaban J connectivity index is 2.20. The first-order valence-electron chi connectivity index (χ1n) is 5.51. The monoisotopic (exact) mass is 226 g/mol. The van der Waals surface area contributed by atoms with E-state index in [0.717, 1.165) is 12.8 Å². The van der Waals surface area contributed by atoms with Crippen molar-refractivity contribution in [2.45, 2.75) is 32.1 Å². The third-order valence-corrected chi connectivity index (χ3v) is 2.52. The van der Waals surface area contributed by atoms with Crippen LogP contribution in [0.15, 0.2) is 11.8 Å². The maximum absolute atomic E-state index is 11.2. The number of urea groups is 1. The van der Waals surface area contributed by atoms with Gasteiger partial charge in [0.1, 0.15) is 6.54 Å². The zero-order valence-corrected chi connectivity index (χ0v) is 9.54. The quantitative estimate of drug-likeness (QED) is 0.713. The van der Waals surface area contributed by atoms with Gasteiger partial charge in [0.2, 0.25) is 0 Å². The molecule has 1 fully saturated rings. The van der Waals surface area contributed by atoms with E-state index in [4.69, 9.17) is 0 Å². The van der Waals surface area contributed by atoms with Crippen molar-refractivity contribution in [1.82, 2.24) is 10.6 Å². The minimum absolute atomic E-state index is 0.106. The molecule has 1 rings (SSSR count). The molecule has 0 saturated heterocycles. The fourth-order valence-electron chi connectivity index (χ4n) is 1.59. The number of carbonyl (C=O) groups is 2. The van der Waals surface area contributed by atoms with Crippen LogP contribution in [0.1, 0.15) is 32.1 Å². The maximum Gasteiger partial charge on any atom is 0.325 e. The molecule has 1 aliphatic rings. The summed E-state index contributed by atoms with van der Waals surface area (Å²) in [6.07, 6.45) is 7.50. The molecule has 0 unspecified atom stereocenters. The molecule has 1 saturated carbocycles. The van der Waals surface area contributed by atoms with Crippen LogP contribution in [0.4, 0.5) is 4.79 Å². The zero-order chi connectivity index (χ0) is 11.8. The van der Waals surface area contributed by atoms with E-state index in [9.17, 15) is 9.59 Å². The second-order valence-electron chi connectivity index (χ2n) is 3.77. The fourth-order valence-corrected chi connectivity index (χ4v) is 1.59. The number of allylic oxidation sites excluding steroid dienone is 1. The van der Waals surface area contributed by atoms with Crippen LogP contribution in [-0.4, -0.2) is 25.7 Å². The topological polar surface area (TPSA) is 67.4 Å². The Morgan fingerprint density at radius 1 is 1.31 bits per heavy atom. The number of esters is 1. The first-order chi connectivity index (χ1) is 7.72. The minimum Gasteiger partial charge on any atom is -0.468 e. The molecule has 0 aromatic carbocycles. The van der Waals surface area contributed by atoms with E-state index in [1.54, 1.807) is 6.20 Å². The molecule has 0 atom stereocenters. The van der Waals surface area contributed by atoms with Gasteiger partial charge < -0.3 is 15.4 Å². The van der Waals surface area contributed by atoms with Crippen molar-refractivity contribution in [1.29, 1.82) is 0 Å². The molecule has 2 amide bonds. The van der Waals surface area contributed by atoms with E-state index in [-0.39, 0.29) is 12.6 Å². The molecule has 1 aliphatic carbocycles. The molecule has 0 bridgehead atoms. The van der Waals surface area contributed by atoms with E-state index < -0.39 is 5.97 Å². The third-order valence-electron chi connectivity index (χ3n) is 2.52. The Bertz CT molecular complexity index is 279. The van der Waals surface area contributed by atoms with Gasteiger partial charge in [0.05, 0.1) is 7.11 Å². The van der Waals surface area contributed by atoms with Crippen molar-refractivity contribution in [3.63, 3.8) is 0 Å². The van der Waals surface area contributed by atoms with Gasteiger partial charge in [-0.15, -0.1) is 0 Å². The number of hydrogen-bond donors (Lipinski definition) is 2. The van der Waals surface area contributed by atoms with Gasteiger partial charge in [-0.2, -0.15) is 0 Å². The second kappa shape index (κ2) is 6.87. The number of nitrogens with one attached hydrogen (secondary N) is 2. The Labute approximate surface area is 95.2 Å². The standard InChI is InChI=1S/C11H18N2O3/c1-16-10(14)8-13-11(15)12-7-9-5-3-2-4-6-9/h7H,2-6,8H2,1H3,(H2,12,13,15). The van der Waals surface area contributed by atoms with Gasteiger partial charge in [0.25, 0.3) is 0 Å². The molecular formula is C11H18N2O3. The molecular weight excluding hydrogens is 208 g/mol. The van der Waals surface area contributed by atoms with Gasteiger partial charge in [-0.25, -0.2) is 4.79 Å². The summed E-state index contributed by atoms with van der Waals surface area (Å²) in [4.78, 5) is 22.0. The molecule has 16 heavy (non-hydrogen) atoms. The predicted molar refractivity (Wildman–Crippen MR) is 59.7 cm³/mol. The lowest BCUT2D eigenvalue weighted by molar-refractivity contribution is -0.139. The Kier molecular flexibility index (Phi) is 5.39. The minimum atomic E-state index is -0.458. The van der Waals surface area contributed by atoms with Crippen molar-refractivity contribution in [2.24, 2.45) is 0 Å². The predicted octanol–water partition coefficient (Wildman–Crippen LogP) is 1.31. The van der Waals surface area contributed by atoms with Gasteiger partial charge in [-0.05, 0) is 25.7 Å². The average molecular weight is 226 g/mol. The van der Waals surface area contributed by atoms with Crippen molar-refractivity contribution in [3.8, 4) is 0 Å². The normalized spacial score (nSPS) is 15.2. The van der Waals surface area contributed by atoms with Crippen molar-refractivity contribution in [3.05, 3.63) is 11.8 Å². The molecule has 5 nitrogen and oxygen atoms in total. The van der Waals surface area contributed by atoms with Crippen molar-refractivity contribution < 1.29 is 14.3 Å². The van der Waals surface area contributed by atoms with Gasteiger partial charge >= 0.3 is 12.0 Å². The van der Waals surface area contributed by atoms with Crippen LogP contribution in [0.5, 0.6) is 0 Å². The number of methoxy groups -OCH3 is 1. The molecule has 5 heteroatoms. The highest BCUT2D eigenvalue weighted by atomic mass is 16.5. The van der Waals surface area contributed by atoms with Crippen LogP contribution in [0.25, 0.3) is 0 Å². The van der Waals surface area contributed by atoms with Crippen LogP contribution < -0.4 is 10.6 Å². The Morgan fingerprint density at radius 2 is 2.00 bits per heavy atom. The first kappa shape index (κ1) is 12.5. The molecule has 0 heterocycles. The zero-order valence-electron chi connectivity index (χ0n) is 9.54. The highest BCUT2D eigenvalue weighted by Crippen LogP contribution is 2.21. The third kappa shape index (κ3) is 4.82. The van der Waals surface area contributed by atoms with E-state index in [1.807, 2.05) is 0 Å². The van der Waals surface area contributed by atoms with Crippen LogP contribution in [-0.2, 0) is 9.53 Å². The highest BCUT2D eigenvalue weighted by molar-refractivity contribution is 5.81. The molecule has 0 radical (unpaired) electrons. The Morgan fingerprint density at radius 3 is 2.62 bits per heavy atom. The maximum atomic E-state index is 11.2. The summed E-state index contributed by atoms with van der Waals surface area (Å²) in [7, 11) is 1.28. The number of amides is 2. The number of rotatable bonds is 3. The van der Waals surface area contributed by atoms with Gasteiger partial charge in [0.15, 0.2) is 0 Å². The van der Waals surface area contributed by atoms with Crippen LogP contribution in [0, 0.1) is 0 Å². The summed E-state index contributed by atoms with van der Waals surface area (Å²) in [5.41, 5.74) is 1.26. The lowest BCUT2D eigenvalue weighted by atomic mass is 9.96. The summed E-state index contributed by atoms with van der Waals surface area (Å²) in [5, 5.41) is 5.02. The van der Waals surface area contributed by atoms with Gasteiger partial charge in [-0.3, -0.25) is 4.79 Å². The molecule has 0 spiro atoms. The number of hydrogen-bond acceptors (Lipinski definition) is 3. The van der Waals surface area contributed by atoms with Crippen LogP contribution in [0.2, 0.25) is 0 Å². The summed E-state index contributed by atoms with van der Waals surface area (Å²) in [6, 6.07) is -0.372. The Hall–Kier alpha value is -1.52. The summed E-state index contributed by atoms with van der Waals surface area (Å²) in [6.45, 7) is -0.106. The smallest absolute Gasteiger partial charge is 0.325 e. The SMILES string of the molecule is COC(=O)CNC(=O)NC=C1CCCCC1. The van der Waals surface area contributed by atoms with Gasteiger partial charge in [0, 0.05) is 6.20 Å². The van der Waals surface area contributed by atoms with Gasteiger partial charge in [-0.1, -0.05) is 12.0 Å². The number of ether oxygens (including phenoxy) is 1. The largest absolute Gasteiger partial charge is 0.468 e. The van der Waals surface area contributed by atoms with Crippen LogP contribution in [0.3, 0.4) is 0 Å². The summed E-state index contributed by atoms with van der Waals surface area (Å²) < 4.78 is 4.40. The molecule has 0 aromatic rings. The average Bonchev–Trinajstić information content (AvgIpc) is 2.34. The van der Waals surface area contributed by atoms with E-state index in [2.05, 4.69) is 15.4 Å². The van der Waals surface area contributed by atoms with Crippen molar-refractivity contribution >= 4 is 12.0 Å². The fraction of sp³-hybridized carbons (Fsp3) is 0.636. The lowest BCUT2D eigenvalue weighted by Crippen LogP contribution is -2.36. The summed E-state index contributed by atoms with van der Waals surface area (Å²) >= 11 is 0. The molecule has 0 aliphatic heterocycles. The van der Waals surface area contributed by atoms with E-state index >= 15 is 0 Å². The highest BCUT2D eigenvalue weighted by Gasteiger charge is 2.06. The molecule has 90 valence electrons. The van der Waals surface area contributed by atoms with Crippen LogP contribution >= 0.6 is 0 Å². The van der Waals surface area contributed by atoms with Crippen molar-refractivity contribution in [2.75, 3.05) is 13.7 Å². The molecule has 2 N–H and O–H groups in total. The van der Waals surface area contributed by atoms with E-state index in [1.165, 1.54) is 31.9 Å². The van der Waals surface area contributed by atoms with E-state index in [0.29, 0.717) is 0 Å². The molecule has 0 aromatic heterocycles. The first-order valence-corrected chi connectivity index (χ1v) is 5.51.